The molecule has 1 saturated heterocycles. The van der Waals surface area contributed by atoms with Crippen LogP contribution in [0.3, 0.4) is 0 Å². The molecule has 1 aromatic heterocycles. The fourth-order valence-electron chi connectivity index (χ4n) is 3.54. The second-order valence-corrected chi connectivity index (χ2v) is 6.44. The molecule has 0 aliphatic carbocycles. The van der Waals surface area contributed by atoms with Gasteiger partial charge in [-0.15, -0.1) is 0 Å². The number of fused-ring (bicyclic) bond motifs is 1. The Labute approximate surface area is 142 Å². The maximum Gasteiger partial charge on any atom is 0.119 e. The van der Waals surface area contributed by atoms with E-state index in [4.69, 9.17) is 9.72 Å². The first-order chi connectivity index (χ1) is 11.7. The van der Waals surface area contributed by atoms with Crippen molar-refractivity contribution in [2.24, 2.45) is 0 Å². The molecule has 2 heterocycles. The summed E-state index contributed by atoms with van der Waals surface area (Å²) < 4.78 is 5.35. The van der Waals surface area contributed by atoms with Gasteiger partial charge in [-0.2, -0.15) is 0 Å². The van der Waals surface area contributed by atoms with E-state index in [1.807, 2.05) is 12.1 Å². The van der Waals surface area contributed by atoms with Gasteiger partial charge in [0.25, 0.3) is 0 Å². The predicted molar refractivity (Wildman–Crippen MR) is 99.9 cm³/mol. The molecule has 3 aromatic rings. The highest BCUT2D eigenvalue weighted by atomic mass is 16.5. The fourth-order valence-corrected chi connectivity index (χ4v) is 3.54. The van der Waals surface area contributed by atoms with Crippen molar-refractivity contribution in [2.75, 3.05) is 25.1 Å². The molecule has 1 aliphatic rings. The van der Waals surface area contributed by atoms with E-state index in [9.17, 15) is 0 Å². The van der Waals surface area contributed by atoms with Crippen molar-refractivity contribution in [3.8, 4) is 16.9 Å². The third-order valence-electron chi connectivity index (χ3n) is 4.77. The number of nitrogens with zero attached hydrogens (tertiary/aromatic N) is 2. The standard InChI is InChI=1S/C21H22N2O/c1-15-12-21(23-10-3-4-11-23)19-9-8-17(14-20(19)22-15)16-6-5-7-18(13-16)24-2/h5-9,12-14H,3-4,10-11H2,1-2H3. The first-order valence-corrected chi connectivity index (χ1v) is 8.55. The highest BCUT2D eigenvalue weighted by Crippen LogP contribution is 2.33. The molecule has 3 nitrogen and oxygen atoms in total. The van der Waals surface area contributed by atoms with Crippen molar-refractivity contribution < 1.29 is 4.74 Å². The molecule has 1 fully saturated rings. The maximum absolute atomic E-state index is 5.35. The quantitative estimate of drug-likeness (QED) is 0.692. The summed E-state index contributed by atoms with van der Waals surface area (Å²) in [6, 6.07) is 17.0. The van der Waals surface area contributed by atoms with Crippen molar-refractivity contribution in [2.45, 2.75) is 19.8 Å². The molecule has 24 heavy (non-hydrogen) atoms. The molecule has 2 aromatic carbocycles. The lowest BCUT2D eigenvalue weighted by Crippen LogP contribution is -2.18. The molecule has 0 saturated carbocycles. The van der Waals surface area contributed by atoms with Crippen LogP contribution in [0.4, 0.5) is 5.69 Å². The van der Waals surface area contributed by atoms with Gasteiger partial charge in [0.1, 0.15) is 5.75 Å². The zero-order valence-corrected chi connectivity index (χ0v) is 14.2. The van der Waals surface area contributed by atoms with Crippen LogP contribution in [-0.4, -0.2) is 25.2 Å². The molecule has 0 atom stereocenters. The Morgan fingerprint density at radius 3 is 2.54 bits per heavy atom. The number of anilines is 1. The summed E-state index contributed by atoms with van der Waals surface area (Å²) in [6.07, 6.45) is 2.56. The largest absolute Gasteiger partial charge is 0.497 e. The first kappa shape index (κ1) is 15.0. The smallest absolute Gasteiger partial charge is 0.119 e. The minimum Gasteiger partial charge on any atom is -0.497 e. The zero-order chi connectivity index (χ0) is 16.5. The van der Waals surface area contributed by atoms with Gasteiger partial charge in [-0.3, -0.25) is 4.98 Å². The van der Waals surface area contributed by atoms with Gasteiger partial charge >= 0.3 is 0 Å². The Balaban J connectivity index is 1.83. The van der Waals surface area contributed by atoms with Crippen LogP contribution in [0.5, 0.6) is 5.75 Å². The number of rotatable bonds is 3. The maximum atomic E-state index is 5.35. The summed E-state index contributed by atoms with van der Waals surface area (Å²) in [5.74, 6) is 0.877. The van der Waals surface area contributed by atoms with Gasteiger partial charge in [0.15, 0.2) is 0 Å². The topological polar surface area (TPSA) is 25.4 Å². The zero-order valence-electron chi connectivity index (χ0n) is 14.2. The van der Waals surface area contributed by atoms with Crippen LogP contribution in [0.2, 0.25) is 0 Å². The second kappa shape index (κ2) is 6.16. The Bertz CT molecular complexity index is 882. The highest BCUT2D eigenvalue weighted by molar-refractivity contribution is 5.94. The number of methoxy groups -OCH3 is 1. The molecule has 0 spiro atoms. The molecule has 3 heteroatoms. The highest BCUT2D eigenvalue weighted by Gasteiger charge is 2.16. The van der Waals surface area contributed by atoms with Gasteiger partial charge in [-0.05, 0) is 55.2 Å². The van der Waals surface area contributed by atoms with Crippen molar-refractivity contribution >= 4 is 16.6 Å². The lowest BCUT2D eigenvalue weighted by Gasteiger charge is -2.20. The normalized spacial score (nSPS) is 14.3. The average Bonchev–Trinajstić information content (AvgIpc) is 3.15. The van der Waals surface area contributed by atoms with E-state index in [1.165, 1.54) is 29.5 Å². The van der Waals surface area contributed by atoms with E-state index in [-0.39, 0.29) is 0 Å². The third-order valence-corrected chi connectivity index (χ3v) is 4.77. The van der Waals surface area contributed by atoms with Gasteiger partial charge in [-0.1, -0.05) is 24.3 Å². The minimum atomic E-state index is 0.877. The molecule has 0 unspecified atom stereocenters. The average molecular weight is 318 g/mol. The van der Waals surface area contributed by atoms with Crippen LogP contribution >= 0.6 is 0 Å². The van der Waals surface area contributed by atoms with E-state index < -0.39 is 0 Å². The van der Waals surface area contributed by atoms with Crippen LogP contribution in [-0.2, 0) is 0 Å². The summed E-state index contributed by atoms with van der Waals surface area (Å²) in [5.41, 5.74) is 5.80. The lowest BCUT2D eigenvalue weighted by molar-refractivity contribution is 0.415. The number of ether oxygens (including phenoxy) is 1. The van der Waals surface area contributed by atoms with Crippen molar-refractivity contribution in [3.05, 3.63) is 54.2 Å². The molecule has 0 N–H and O–H groups in total. The fraction of sp³-hybridized carbons (Fsp3) is 0.286. The Morgan fingerprint density at radius 2 is 1.75 bits per heavy atom. The van der Waals surface area contributed by atoms with Gasteiger partial charge in [0, 0.05) is 29.9 Å². The predicted octanol–water partition coefficient (Wildman–Crippen LogP) is 4.82. The number of aromatic nitrogens is 1. The number of aryl methyl sites for hydroxylation is 1. The molecule has 1 aliphatic heterocycles. The summed E-state index contributed by atoms with van der Waals surface area (Å²) in [5, 5.41) is 1.24. The number of hydrogen-bond donors (Lipinski definition) is 0. The monoisotopic (exact) mass is 318 g/mol. The lowest BCUT2D eigenvalue weighted by atomic mass is 10.0. The van der Waals surface area contributed by atoms with Crippen molar-refractivity contribution in [1.29, 1.82) is 0 Å². The van der Waals surface area contributed by atoms with Gasteiger partial charge < -0.3 is 9.64 Å². The minimum absolute atomic E-state index is 0.877. The molecule has 0 amide bonds. The SMILES string of the molecule is COc1cccc(-c2ccc3c(N4CCCC4)cc(C)nc3c2)c1. The van der Waals surface area contributed by atoms with Crippen molar-refractivity contribution in [3.63, 3.8) is 0 Å². The summed E-state index contributed by atoms with van der Waals surface area (Å²) in [6.45, 7) is 4.38. The second-order valence-electron chi connectivity index (χ2n) is 6.44. The third kappa shape index (κ3) is 2.71. The molecule has 4 rings (SSSR count). The number of benzene rings is 2. The number of hydrogen-bond acceptors (Lipinski definition) is 3. The summed E-state index contributed by atoms with van der Waals surface area (Å²) in [4.78, 5) is 7.27. The van der Waals surface area contributed by atoms with Gasteiger partial charge in [-0.25, -0.2) is 0 Å². The number of pyridine rings is 1. The van der Waals surface area contributed by atoms with Gasteiger partial charge in [0.05, 0.1) is 12.6 Å². The molecule has 122 valence electrons. The van der Waals surface area contributed by atoms with E-state index in [0.717, 1.165) is 35.6 Å². The van der Waals surface area contributed by atoms with Crippen LogP contribution in [0.15, 0.2) is 48.5 Å². The molecular weight excluding hydrogens is 296 g/mol. The van der Waals surface area contributed by atoms with Crippen molar-refractivity contribution in [1.82, 2.24) is 4.98 Å². The van der Waals surface area contributed by atoms with Gasteiger partial charge in [0.2, 0.25) is 0 Å². The first-order valence-electron chi connectivity index (χ1n) is 8.55. The molecule has 0 radical (unpaired) electrons. The van der Waals surface area contributed by atoms with Crippen LogP contribution in [0.1, 0.15) is 18.5 Å². The Morgan fingerprint density at radius 1 is 0.958 bits per heavy atom. The Kier molecular flexibility index (Phi) is 3.85. The summed E-state index contributed by atoms with van der Waals surface area (Å²) >= 11 is 0. The van der Waals surface area contributed by atoms with Crippen LogP contribution in [0, 0.1) is 6.92 Å². The van der Waals surface area contributed by atoms with E-state index in [0.29, 0.717) is 0 Å². The van der Waals surface area contributed by atoms with Crippen LogP contribution in [0.25, 0.3) is 22.0 Å². The summed E-state index contributed by atoms with van der Waals surface area (Å²) in [7, 11) is 1.70. The molecular formula is C21H22N2O. The molecule has 0 bridgehead atoms. The Hall–Kier alpha value is -2.55. The van der Waals surface area contributed by atoms with E-state index >= 15 is 0 Å². The van der Waals surface area contributed by atoms with Crippen LogP contribution < -0.4 is 9.64 Å². The van der Waals surface area contributed by atoms with E-state index in [1.54, 1.807) is 7.11 Å². The van der Waals surface area contributed by atoms with E-state index in [2.05, 4.69) is 48.2 Å².